The fourth-order valence-electron chi connectivity index (χ4n) is 1.13. The van der Waals surface area contributed by atoms with Crippen LogP contribution >= 0.6 is 0 Å². The van der Waals surface area contributed by atoms with Crippen LogP contribution in [-0.2, 0) is 4.79 Å². The Bertz CT molecular complexity index is 288. The molecule has 0 amide bonds. The minimum absolute atomic E-state index is 0.475. The molecule has 1 rings (SSSR count). The van der Waals surface area contributed by atoms with Gasteiger partial charge in [0.1, 0.15) is 0 Å². The maximum Gasteiger partial charge on any atom is 0.300 e. The van der Waals surface area contributed by atoms with Gasteiger partial charge in [0.05, 0.1) is 12.4 Å². The lowest BCUT2D eigenvalue weighted by Crippen LogP contribution is -2.01. The highest BCUT2D eigenvalue weighted by molar-refractivity contribution is 5.62. The van der Waals surface area contributed by atoms with Gasteiger partial charge in [0.25, 0.3) is 5.97 Å². The Hall–Kier alpha value is -1.58. The number of hydrogen-bond acceptors (Lipinski definition) is 2. The minimum atomic E-state index is -0.833. The Balaban J connectivity index is 0.000000423. The summed E-state index contributed by atoms with van der Waals surface area (Å²) in [4.78, 5) is 13.0. The first-order valence-corrected chi connectivity index (χ1v) is 4.91. The molecule has 0 aromatic carbocycles. The molecule has 4 nitrogen and oxygen atoms in total. The first kappa shape index (κ1) is 13.4. The van der Waals surface area contributed by atoms with E-state index < -0.39 is 5.97 Å². The van der Waals surface area contributed by atoms with Crippen molar-refractivity contribution in [3.63, 3.8) is 0 Å². The molecule has 0 radical (unpaired) electrons. The molecule has 0 aliphatic heterocycles. The van der Waals surface area contributed by atoms with Crippen LogP contribution in [0.2, 0.25) is 0 Å². The number of nitrogens with zero attached hydrogens (tertiary/aromatic N) is 2. The summed E-state index contributed by atoms with van der Waals surface area (Å²) in [7, 11) is 0. The summed E-state index contributed by atoms with van der Waals surface area (Å²) in [6.45, 7) is 5.30. The average Bonchev–Trinajstić information content (AvgIpc) is 2.66. The van der Waals surface area contributed by atoms with Gasteiger partial charge < -0.3 is 9.67 Å². The van der Waals surface area contributed by atoms with Crippen LogP contribution in [0, 0.1) is 0 Å². The summed E-state index contributed by atoms with van der Waals surface area (Å²) < 4.78 is 2.11. The Morgan fingerprint density at radius 1 is 1.67 bits per heavy atom. The van der Waals surface area contributed by atoms with Gasteiger partial charge in [-0.3, -0.25) is 4.79 Å². The van der Waals surface area contributed by atoms with Gasteiger partial charge in [-0.15, -0.1) is 0 Å². The Labute approximate surface area is 90.3 Å². The highest BCUT2D eigenvalue weighted by Gasteiger charge is 2.00. The van der Waals surface area contributed by atoms with Crippen molar-refractivity contribution in [2.24, 2.45) is 0 Å². The zero-order chi connectivity index (χ0) is 11.7. The van der Waals surface area contributed by atoms with Crippen LogP contribution in [0.3, 0.4) is 0 Å². The largest absolute Gasteiger partial charge is 0.481 e. The summed E-state index contributed by atoms with van der Waals surface area (Å²) in [6, 6.07) is 0.475. The van der Waals surface area contributed by atoms with Crippen LogP contribution in [0.1, 0.15) is 33.2 Å². The smallest absolute Gasteiger partial charge is 0.300 e. The molecule has 0 bridgehead atoms. The van der Waals surface area contributed by atoms with Gasteiger partial charge in [-0.05, 0) is 13.3 Å². The van der Waals surface area contributed by atoms with Crippen molar-refractivity contribution in [1.82, 2.24) is 9.55 Å². The quantitative estimate of drug-likeness (QED) is 0.780. The van der Waals surface area contributed by atoms with Crippen LogP contribution in [0.15, 0.2) is 30.9 Å². The van der Waals surface area contributed by atoms with E-state index in [1.807, 2.05) is 25.6 Å². The topological polar surface area (TPSA) is 55.1 Å². The van der Waals surface area contributed by atoms with Crippen LogP contribution in [-0.4, -0.2) is 20.6 Å². The second-order valence-corrected chi connectivity index (χ2v) is 3.03. The van der Waals surface area contributed by atoms with E-state index in [4.69, 9.17) is 9.90 Å². The number of imidazole rings is 1. The van der Waals surface area contributed by atoms with Crippen molar-refractivity contribution in [3.05, 3.63) is 30.9 Å². The van der Waals surface area contributed by atoms with E-state index in [9.17, 15) is 0 Å². The van der Waals surface area contributed by atoms with Crippen LogP contribution in [0.4, 0.5) is 0 Å². The minimum Gasteiger partial charge on any atom is -0.481 e. The number of allylic oxidation sites excluding steroid dienone is 2. The zero-order valence-electron chi connectivity index (χ0n) is 9.42. The second kappa shape index (κ2) is 7.79. The molecule has 1 aromatic rings. The molecule has 1 unspecified atom stereocenters. The van der Waals surface area contributed by atoms with Crippen molar-refractivity contribution in [2.75, 3.05) is 0 Å². The molecular formula is C11H18N2O2. The molecule has 0 aliphatic rings. The first-order chi connectivity index (χ1) is 7.11. The van der Waals surface area contributed by atoms with E-state index in [-0.39, 0.29) is 0 Å². The van der Waals surface area contributed by atoms with Gasteiger partial charge in [0.2, 0.25) is 0 Å². The van der Waals surface area contributed by atoms with E-state index in [2.05, 4.69) is 28.6 Å². The van der Waals surface area contributed by atoms with Crippen molar-refractivity contribution in [1.29, 1.82) is 0 Å². The highest BCUT2D eigenvalue weighted by atomic mass is 16.4. The van der Waals surface area contributed by atoms with Gasteiger partial charge in [0, 0.05) is 19.3 Å². The molecule has 15 heavy (non-hydrogen) atoms. The van der Waals surface area contributed by atoms with Gasteiger partial charge in [-0.1, -0.05) is 19.1 Å². The Morgan fingerprint density at radius 3 is 2.60 bits per heavy atom. The lowest BCUT2D eigenvalue weighted by molar-refractivity contribution is -0.134. The third kappa shape index (κ3) is 6.49. The summed E-state index contributed by atoms with van der Waals surface area (Å²) in [6.07, 6.45) is 11.0. The average molecular weight is 210 g/mol. The van der Waals surface area contributed by atoms with E-state index in [1.54, 1.807) is 0 Å². The number of aliphatic carboxylic acids is 1. The monoisotopic (exact) mass is 210 g/mol. The Kier molecular flexibility index (Phi) is 6.97. The van der Waals surface area contributed by atoms with Crippen LogP contribution < -0.4 is 0 Å². The standard InChI is InChI=1S/C9H14N2.C2H4O2/c1-3-5-9(4-2)11-7-6-10-8-11;1-2(3)4/h3,5-9H,4H2,1-2H3;1H3,(H,3,4). The SMILES string of the molecule is CC(=O)O.CC=CC(CC)n1ccnc1. The van der Waals surface area contributed by atoms with E-state index in [0.717, 1.165) is 13.3 Å². The molecule has 84 valence electrons. The fourth-order valence-corrected chi connectivity index (χ4v) is 1.13. The number of hydrogen-bond donors (Lipinski definition) is 1. The van der Waals surface area contributed by atoms with Crippen molar-refractivity contribution in [3.8, 4) is 0 Å². The maximum atomic E-state index is 9.00. The van der Waals surface area contributed by atoms with Crippen molar-refractivity contribution in [2.45, 2.75) is 33.2 Å². The summed E-state index contributed by atoms with van der Waals surface area (Å²) in [5, 5.41) is 7.42. The van der Waals surface area contributed by atoms with Crippen LogP contribution in [0.5, 0.6) is 0 Å². The molecular weight excluding hydrogens is 192 g/mol. The first-order valence-electron chi connectivity index (χ1n) is 4.91. The predicted octanol–water partition coefficient (Wildman–Crippen LogP) is 2.50. The van der Waals surface area contributed by atoms with E-state index in [1.165, 1.54) is 0 Å². The third-order valence-electron chi connectivity index (χ3n) is 1.74. The molecule has 0 saturated heterocycles. The molecule has 4 heteroatoms. The molecule has 1 heterocycles. The molecule has 0 aliphatic carbocycles. The summed E-state index contributed by atoms with van der Waals surface area (Å²) in [5.41, 5.74) is 0. The molecule has 0 saturated carbocycles. The molecule has 1 atom stereocenters. The lowest BCUT2D eigenvalue weighted by atomic mass is 10.2. The van der Waals surface area contributed by atoms with Crippen molar-refractivity contribution >= 4 is 5.97 Å². The number of carbonyl (C=O) groups is 1. The second-order valence-electron chi connectivity index (χ2n) is 3.03. The van der Waals surface area contributed by atoms with E-state index in [0.29, 0.717) is 6.04 Å². The maximum absolute atomic E-state index is 9.00. The number of carboxylic acid groups (broad SMARTS) is 1. The molecule has 1 N–H and O–H groups in total. The molecule has 1 aromatic heterocycles. The van der Waals surface area contributed by atoms with E-state index >= 15 is 0 Å². The highest BCUT2D eigenvalue weighted by Crippen LogP contribution is 2.11. The zero-order valence-corrected chi connectivity index (χ0v) is 9.42. The van der Waals surface area contributed by atoms with Crippen molar-refractivity contribution < 1.29 is 9.90 Å². The molecule has 0 fully saturated rings. The molecule has 0 spiro atoms. The number of carboxylic acids is 1. The van der Waals surface area contributed by atoms with Gasteiger partial charge >= 0.3 is 0 Å². The van der Waals surface area contributed by atoms with Gasteiger partial charge in [0.15, 0.2) is 0 Å². The number of aromatic nitrogens is 2. The lowest BCUT2D eigenvalue weighted by Gasteiger charge is -2.10. The van der Waals surface area contributed by atoms with Crippen LogP contribution in [0.25, 0.3) is 0 Å². The number of rotatable bonds is 3. The summed E-state index contributed by atoms with van der Waals surface area (Å²) in [5.74, 6) is -0.833. The van der Waals surface area contributed by atoms with Gasteiger partial charge in [-0.25, -0.2) is 4.98 Å². The summed E-state index contributed by atoms with van der Waals surface area (Å²) >= 11 is 0. The normalized spacial score (nSPS) is 11.9. The third-order valence-corrected chi connectivity index (χ3v) is 1.74. The Morgan fingerprint density at radius 2 is 2.27 bits per heavy atom. The van der Waals surface area contributed by atoms with Gasteiger partial charge in [-0.2, -0.15) is 0 Å². The predicted molar refractivity (Wildman–Crippen MR) is 59.7 cm³/mol. The fraction of sp³-hybridized carbons (Fsp3) is 0.455.